The number of amides is 1. The zero-order chi connectivity index (χ0) is 18.3. The van der Waals surface area contributed by atoms with Crippen molar-refractivity contribution in [3.8, 4) is 0 Å². The highest BCUT2D eigenvalue weighted by Crippen LogP contribution is 2.30. The van der Waals surface area contributed by atoms with Crippen molar-refractivity contribution >= 4 is 16.9 Å². The summed E-state index contributed by atoms with van der Waals surface area (Å²) in [6.07, 6.45) is 7.79. The Morgan fingerprint density at radius 1 is 1.27 bits per heavy atom. The number of aliphatic hydroxyl groups is 1. The topological polar surface area (TPSA) is 78.3 Å². The lowest BCUT2D eigenvalue weighted by Crippen LogP contribution is -2.35. The number of hydrogen-bond donors (Lipinski definition) is 2. The fourth-order valence-corrected chi connectivity index (χ4v) is 4.27. The predicted octanol–water partition coefficient (Wildman–Crippen LogP) is 2.60. The first kappa shape index (κ1) is 17.1. The maximum absolute atomic E-state index is 12.8. The van der Waals surface area contributed by atoms with E-state index in [1.54, 1.807) is 10.6 Å². The molecule has 1 saturated carbocycles. The van der Waals surface area contributed by atoms with Crippen LogP contribution in [0.15, 0.2) is 35.1 Å². The third-order valence-electron chi connectivity index (χ3n) is 5.73. The van der Waals surface area contributed by atoms with E-state index in [9.17, 15) is 14.7 Å². The van der Waals surface area contributed by atoms with Gasteiger partial charge in [-0.2, -0.15) is 0 Å². The number of H-pyrrole nitrogens is 1. The van der Waals surface area contributed by atoms with Crippen molar-refractivity contribution < 1.29 is 9.90 Å². The Kier molecular flexibility index (Phi) is 4.44. The van der Waals surface area contributed by atoms with Crippen molar-refractivity contribution in [2.45, 2.75) is 57.2 Å². The molecule has 1 aliphatic carbocycles. The Bertz CT molecular complexity index is 903. The molecular weight excluding hydrogens is 330 g/mol. The predicted molar refractivity (Wildman–Crippen MR) is 100 cm³/mol. The molecule has 2 aromatic rings. The first-order valence-corrected chi connectivity index (χ1v) is 9.48. The molecule has 138 valence electrons. The number of aromatic nitrogens is 2. The summed E-state index contributed by atoms with van der Waals surface area (Å²) in [6, 6.07) is 5.73. The van der Waals surface area contributed by atoms with E-state index in [0.717, 1.165) is 37.6 Å². The minimum absolute atomic E-state index is 0.00172. The van der Waals surface area contributed by atoms with Gasteiger partial charge in [0.1, 0.15) is 0 Å². The van der Waals surface area contributed by atoms with Crippen LogP contribution in [-0.2, 0) is 0 Å². The summed E-state index contributed by atoms with van der Waals surface area (Å²) in [7, 11) is 0. The zero-order valence-corrected chi connectivity index (χ0v) is 15.0. The monoisotopic (exact) mass is 355 g/mol. The first-order chi connectivity index (χ1) is 12.6. The van der Waals surface area contributed by atoms with E-state index >= 15 is 0 Å². The second kappa shape index (κ2) is 6.76. The van der Waals surface area contributed by atoms with Gasteiger partial charge in [0.2, 0.25) is 0 Å². The molecule has 0 bridgehead atoms. The number of hydrogen-bond acceptors (Lipinski definition) is 3. The van der Waals surface area contributed by atoms with Gasteiger partial charge in [0, 0.05) is 18.2 Å². The first-order valence-electron chi connectivity index (χ1n) is 9.48. The number of carbonyl (C=O) groups excluding carboxylic acids is 1. The highest BCUT2D eigenvalue weighted by Gasteiger charge is 2.26. The number of benzene rings is 1. The van der Waals surface area contributed by atoms with Crippen LogP contribution < -0.4 is 5.69 Å². The summed E-state index contributed by atoms with van der Waals surface area (Å²) < 4.78 is 1.79. The van der Waals surface area contributed by atoms with Crippen LogP contribution in [0.3, 0.4) is 0 Å². The molecule has 6 heteroatoms. The number of carbonyl (C=O) groups is 1. The molecule has 2 heterocycles. The molecule has 4 rings (SSSR count). The molecule has 1 aliphatic heterocycles. The molecule has 1 atom stereocenters. The van der Waals surface area contributed by atoms with Gasteiger partial charge in [-0.15, -0.1) is 0 Å². The molecule has 0 radical (unpaired) electrons. The van der Waals surface area contributed by atoms with E-state index in [1.807, 2.05) is 23.1 Å². The van der Waals surface area contributed by atoms with Crippen LogP contribution in [0.4, 0.5) is 0 Å². The molecule has 2 aliphatic rings. The minimum atomic E-state index is -0.253. The van der Waals surface area contributed by atoms with Crippen molar-refractivity contribution in [3.05, 3.63) is 46.4 Å². The second-order valence-electron chi connectivity index (χ2n) is 7.36. The Balaban J connectivity index is 1.65. The Labute approximate surface area is 152 Å². The van der Waals surface area contributed by atoms with E-state index in [4.69, 9.17) is 0 Å². The van der Waals surface area contributed by atoms with Crippen LogP contribution in [0.5, 0.6) is 0 Å². The van der Waals surface area contributed by atoms with Crippen molar-refractivity contribution in [1.82, 2.24) is 14.5 Å². The Hall–Kier alpha value is -2.34. The zero-order valence-electron chi connectivity index (χ0n) is 15.0. The maximum Gasteiger partial charge on any atom is 0.326 e. The average molecular weight is 355 g/mol. The molecule has 1 amide bonds. The molecule has 6 nitrogen and oxygen atoms in total. The quantitative estimate of drug-likeness (QED) is 0.831. The standard InChI is InChI=1S/C20H25N3O3/c1-2-14-4-3-11-22(14)19(25)13-5-10-18-17(12-13)21-20(26)23(18)15-6-8-16(24)9-7-15/h3-5,10,12,14-16,24H,2,6-9,11H2,1H3,(H,21,26)/t14-,15?,16?/m1/s1. The lowest BCUT2D eigenvalue weighted by atomic mass is 9.93. The van der Waals surface area contributed by atoms with Crippen LogP contribution in [0, 0.1) is 0 Å². The largest absolute Gasteiger partial charge is 0.393 e. The summed E-state index contributed by atoms with van der Waals surface area (Å²) in [5, 5.41) is 9.71. The van der Waals surface area contributed by atoms with E-state index < -0.39 is 0 Å². The molecule has 0 saturated heterocycles. The molecule has 0 spiro atoms. The summed E-state index contributed by atoms with van der Waals surface area (Å²) in [5.41, 5.74) is 2.00. The van der Waals surface area contributed by atoms with E-state index in [1.165, 1.54) is 0 Å². The number of nitrogens with one attached hydrogen (secondary N) is 1. The summed E-state index contributed by atoms with van der Waals surface area (Å²) in [6.45, 7) is 2.71. The molecular formula is C20H25N3O3. The van der Waals surface area contributed by atoms with Gasteiger partial charge in [0.15, 0.2) is 0 Å². The third-order valence-corrected chi connectivity index (χ3v) is 5.73. The summed E-state index contributed by atoms with van der Waals surface area (Å²) in [4.78, 5) is 30.1. The number of fused-ring (bicyclic) bond motifs is 1. The summed E-state index contributed by atoms with van der Waals surface area (Å²) in [5.74, 6) is -0.00172. The summed E-state index contributed by atoms with van der Waals surface area (Å²) >= 11 is 0. The average Bonchev–Trinajstić information content (AvgIpc) is 3.24. The number of aliphatic hydroxyl groups excluding tert-OH is 1. The fourth-order valence-electron chi connectivity index (χ4n) is 4.27. The minimum Gasteiger partial charge on any atom is -0.393 e. The van der Waals surface area contributed by atoms with Crippen LogP contribution in [-0.4, -0.2) is 44.2 Å². The van der Waals surface area contributed by atoms with Gasteiger partial charge in [-0.25, -0.2) is 4.79 Å². The smallest absolute Gasteiger partial charge is 0.326 e. The van der Waals surface area contributed by atoms with Crippen molar-refractivity contribution in [1.29, 1.82) is 0 Å². The van der Waals surface area contributed by atoms with Gasteiger partial charge in [0.05, 0.1) is 23.2 Å². The Morgan fingerprint density at radius 2 is 2.04 bits per heavy atom. The van der Waals surface area contributed by atoms with E-state index in [0.29, 0.717) is 17.6 Å². The maximum atomic E-state index is 12.8. The van der Waals surface area contributed by atoms with Crippen molar-refractivity contribution in [2.24, 2.45) is 0 Å². The van der Waals surface area contributed by atoms with Gasteiger partial charge in [-0.3, -0.25) is 9.36 Å². The van der Waals surface area contributed by atoms with Crippen molar-refractivity contribution in [3.63, 3.8) is 0 Å². The van der Waals surface area contributed by atoms with Crippen LogP contribution >= 0.6 is 0 Å². The molecule has 1 aromatic heterocycles. The van der Waals surface area contributed by atoms with E-state index in [2.05, 4.69) is 18.0 Å². The SMILES string of the molecule is CC[C@@H]1C=CCN1C(=O)c1ccc2c(c1)[nH]c(=O)n2C1CCC(O)CC1. The highest BCUT2D eigenvalue weighted by atomic mass is 16.3. The number of aromatic amines is 1. The third kappa shape index (κ3) is 2.88. The normalized spacial score (nSPS) is 25.9. The van der Waals surface area contributed by atoms with Gasteiger partial charge in [-0.1, -0.05) is 19.1 Å². The molecule has 1 aromatic carbocycles. The lowest BCUT2D eigenvalue weighted by molar-refractivity contribution is 0.0747. The number of imidazole rings is 1. The Morgan fingerprint density at radius 3 is 2.77 bits per heavy atom. The number of rotatable bonds is 3. The fraction of sp³-hybridized carbons (Fsp3) is 0.500. The lowest BCUT2D eigenvalue weighted by Gasteiger charge is -2.26. The molecule has 2 N–H and O–H groups in total. The van der Waals surface area contributed by atoms with Crippen LogP contribution in [0.25, 0.3) is 11.0 Å². The van der Waals surface area contributed by atoms with Crippen LogP contribution in [0.2, 0.25) is 0 Å². The van der Waals surface area contributed by atoms with Crippen molar-refractivity contribution in [2.75, 3.05) is 6.54 Å². The van der Waals surface area contributed by atoms with Gasteiger partial charge < -0.3 is 15.0 Å². The van der Waals surface area contributed by atoms with Gasteiger partial charge in [0.25, 0.3) is 5.91 Å². The molecule has 0 unspecified atom stereocenters. The van der Waals surface area contributed by atoms with Gasteiger partial charge in [-0.05, 0) is 50.3 Å². The number of nitrogens with zero attached hydrogens (tertiary/aromatic N) is 2. The highest BCUT2D eigenvalue weighted by molar-refractivity contribution is 5.98. The van der Waals surface area contributed by atoms with Gasteiger partial charge >= 0.3 is 5.69 Å². The molecule has 26 heavy (non-hydrogen) atoms. The van der Waals surface area contributed by atoms with E-state index in [-0.39, 0.29) is 29.8 Å². The molecule has 1 fully saturated rings. The second-order valence-corrected chi connectivity index (χ2v) is 7.36. The van der Waals surface area contributed by atoms with Crippen LogP contribution in [0.1, 0.15) is 55.4 Å².